The Morgan fingerprint density at radius 3 is 3.04 bits per heavy atom. The smallest absolute Gasteiger partial charge is 0.257 e. The molecule has 1 aliphatic carbocycles. The summed E-state index contributed by atoms with van der Waals surface area (Å²) in [7, 11) is 1.82. The zero-order valence-electron chi connectivity index (χ0n) is 14.3. The average molecular weight is 336 g/mol. The van der Waals surface area contributed by atoms with E-state index in [0.29, 0.717) is 11.3 Å². The molecule has 4 rings (SSSR count). The van der Waals surface area contributed by atoms with Crippen LogP contribution in [0.2, 0.25) is 0 Å². The molecule has 0 radical (unpaired) electrons. The lowest BCUT2D eigenvalue weighted by atomic mass is 9.86. The Morgan fingerprint density at radius 2 is 2.24 bits per heavy atom. The standard InChI is InChI=1S/C19H20N4O2/c1-12-6-7-13-4-3-5-17(15(13)8-12)22-19(24)16-10-21-25-18(16)14-9-20-23(2)11-14/h6-11,17H,3-5H2,1-2H3,(H,22,24). The van der Waals surface area contributed by atoms with Gasteiger partial charge in [-0.3, -0.25) is 9.48 Å². The van der Waals surface area contributed by atoms with Gasteiger partial charge in [-0.15, -0.1) is 0 Å². The van der Waals surface area contributed by atoms with E-state index in [1.807, 2.05) is 7.05 Å². The second-order valence-corrected chi connectivity index (χ2v) is 6.59. The van der Waals surface area contributed by atoms with Crippen LogP contribution in [0.15, 0.2) is 41.3 Å². The Morgan fingerprint density at radius 1 is 1.36 bits per heavy atom. The molecule has 25 heavy (non-hydrogen) atoms. The van der Waals surface area contributed by atoms with Gasteiger partial charge in [0.25, 0.3) is 5.91 Å². The molecule has 1 N–H and O–H groups in total. The molecule has 2 heterocycles. The van der Waals surface area contributed by atoms with Crippen molar-refractivity contribution in [3.63, 3.8) is 0 Å². The van der Waals surface area contributed by atoms with Gasteiger partial charge in [-0.25, -0.2) is 0 Å². The Bertz CT molecular complexity index is 925. The Labute approximate surface area is 145 Å². The van der Waals surface area contributed by atoms with Crippen LogP contribution < -0.4 is 5.32 Å². The third kappa shape index (κ3) is 2.95. The van der Waals surface area contributed by atoms with Crippen LogP contribution in [0.25, 0.3) is 11.3 Å². The number of aryl methyl sites for hydroxylation is 3. The number of fused-ring (bicyclic) bond motifs is 1. The van der Waals surface area contributed by atoms with E-state index in [2.05, 4.69) is 40.7 Å². The molecule has 3 aromatic rings. The first-order valence-corrected chi connectivity index (χ1v) is 8.46. The highest BCUT2D eigenvalue weighted by Gasteiger charge is 2.25. The quantitative estimate of drug-likeness (QED) is 0.797. The maximum absolute atomic E-state index is 12.8. The summed E-state index contributed by atoms with van der Waals surface area (Å²) >= 11 is 0. The fourth-order valence-electron chi connectivity index (χ4n) is 3.45. The van der Waals surface area contributed by atoms with E-state index in [4.69, 9.17) is 4.52 Å². The molecule has 1 atom stereocenters. The van der Waals surface area contributed by atoms with Gasteiger partial charge in [0.15, 0.2) is 5.76 Å². The van der Waals surface area contributed by atoms with Gasteiger partial charge in [-0.2, -0.15) is 5.10 Å². The molecule has 0 fully saturated rings. The molecule has 1 aliphatic rings. The first-order valence-electron chi connectivity index (χ1n) is 8.46. The molecule has 128 valence electrons. The van der Waals surface area contributed by atoms with Crippen LogP contribution in [-0.4, -0.2) is 20.8 Å². The lowest BCUT2D eigenvalue weighted by Gasteiger charge is -2.26. The van der Waals surface area contributed by atoms with Crippen molar-refractivity contribution in [2.24, 2.45) is 7.05 Å². The van der Waals surface area contributed by atoms with Crippen LogP contribution in [0.3, 0.4) is 0 Å². The summed E-state index contributed by atoms with van der Waals surface area (Å²) < 4.78 is 6.97. The van der Waals surface area contributed by atoms with Crippen molar-refractivity contribution in [1.82, 2.24) is 20.3 Å². The lowest BCUT2D eigenvalue weighted by molar-refractivity contribution is 0.0933. The molecular formula is C19H20N4O2. The van der Waals surface area contributed by atoms with Crippen LogP contribution >= 0.6 is 0 Å². The van der Waals surface area contributed by atoms with Crippen LogP contribution in [-0.2, 0) is 13.5 Å². The lowest BCUT2D eigenvalue weighted by Crippen LogP contribution is -2.31. The molecule has 1 unspecified atom stereocenters. The monoisotopic (exact) mass is 336 g/mol. The number of rotatable bonds is 3. The molecule has 0 aliphatic heterocycles. The van der Waals surface area contributed by atoms with Crippen molar-refractivity contribution in [2.75, 3.05) is 0 Å². The molecule has 6 nitrogen and oxygen atoms in total. The summed E-state index contributed by atoms with van der Waals surface area (Å²) in [5, 5.41) is 11.1. The average Bonchev–Trinajstić information content (AvgIpc) is 3.24. The van der Waals surface area contributed by atoms with Gasteiger partial charge in [-0.05, 0) is 37.3 Å². The molecule has 6 heteroatoms. The topological polar surface area (TPSA) is 73.0 Å². The highest BCUT2D eigenvalue weighted by atomic mass is 16.5. The summed E-state index contributed by atoms with van der Waals surface area (Å²) in [4.78, 5) is 12.8. The predicted molar refractivity (Wildman–Crippen MR) is 93.0 cm³/mol. The molecule has 0 saturated heterocycles. The van der Waals surface area contributed by atoms with Gasteiger partial charge in [0.1, 0.15) is 5.56 Å². The number of hydrogen-bond acceptors (Lipinski definition) is 4. The fourth-order valence-corrected chi connectivity index (χ4v) is 3.45. The minimum absolute atomic E-state index is 0.0211. The number of hydrogen-bond donors (Lipinski definition) is 1. The first kappa shape index (κ1) is 15.6. The number of carbonyl (C=O) groups is 1. The maximum Gasteiger partial charge on any atom is 0.257 e. The Hall–Kier alpha value is -2.89. The molecular weight excluding hydrogens is 316 g/mol. The Balaban J connectivity index is 1.60. The second kappa shape index (κ2) is 6.20. The summed E-state index contributed by atoms with van der Waals surface area (Å²) in [6.07, 6.45) is 8.01. The van der Waals surface area contributed by atoms with E-state index in [1.54, 1.807) is 17.1 Å². The van der Waals surface area contributed by atoms with Crippen molar-refractivity contribution in [3.05, 3.63) is 59.0 Å². The minimum Gasteiger partial charge on any atom is -0.355 e. The zero-order chi connectivity index (χ0) is 17.4. The molecule has 1 amide bonds. The predicted octanol–water partition coefficient (Wildman–Crippen LogP) is 3.19. The number of amides is 1. The molecule has 1 aromatic carbocycles. The molecule has 0 bridgehead atoms. The SMILES string of the molecule is Cc1ccc2c(c1)C(NC(=O)c1cnoc1-c1cnn(C)c1)CCC2. The number of nitrogens with zero attached hydrogens (tertiary/aromatic N) is 3. The third-order valence-electron chi connectivity index (χ3n) is 4.70. The normalized spacial score (nSPS) is 16.5. The van der Waals surface area contributed by atoms with E-state index in [0.717, 1.165) is 24.8 Å². The largest absolute Gasteiger partial charge is 0.355 e. The van der Waals surface area contributed by atoms with E-state index in [-0.39, 0.29) is 11.9 Å². The van der Waals surface area contributed by atoms with Gasteiger partial charge in [-0.1, -0.05) is 28.9 Å². The number of aromatic nitrogens is 3. The first-order chi connectivity index (χ1) is 12.1. The van der Waals surface area contributed by atoms with Crippen LogP contribution in [0, 0.1) is 6.92 Å². The van der Waals surface area contributed by atoms with Crippen LogP contribution in [0.4, 0.5) is 0 Å². The van der Waals surface area contributed by atoms with E-state index in [1.165, 1.54) is 22.9 Å². The van der Waals surface area contributed by atoms with E-state index in [9.17, 15) is 4.79 Å². The van der Waals surface area contributed by atoms with Gasteiger partial charge < -0.3 is 9.84 Å². The fraction of sp³-hybridized carbons (Fsp3) is 0.316. The third-order valence-corrected chi connectivity index (χ3v) is 4.70. The van der Waals surface area contributed by atoms with Crippen molar-refractivity contribution in [1.29, 1.82) is 0 Å². The highest BCUT2D eigenvalue weighted by molar-refractivity contribution is 5.99. The Kier molecular flexibility index (Phi) is 3.87. The van der Waals surface area contributed by atoms with E-state index >= 15 is 0 Å². The van der Waals surface area contributed by atoms with Gasteiger partial charge in [0.05, 0.1) is 24.0 Å². The summed E-state index contributed by atoms with van der Waals surface area (Å²) in [5.74, 6) is 0.283. The number of benzene rings is 1. The number of nitrogens with one attached hydrogen (secondary N) is 1. The van der Waals surface area contributed by atoms with Crippen LogP contribution in [0.5, 0.6) is 0 Å². The second-order valence-electron chi connectivity index (χ2n) is 6.59. The van der Waals surface area contributed by atoms with Gasteiger partial charge in [0.2, 0.25) is 0 Å². The highest BCUT2D eigenvalue weighted by Crippen LogP contribution is 2.31. The summed E-state index contributed by atoms with van der Waals surface area (Å²) in [5.41, 5.74) is 4.93. The maximum atomic E-state index is 12.8. The minimum atomic E-state index is -0.167. The molecule has 0 spiro atoms. The summed E-state index contributed by atoms with van der Waals surface area (Å²) in [6.45, 7) is 2.08. The van der Waals surface area contributed by atoms with Crippen molar-refractivity contribution < 1.29 is 9.32 Å². The van der Waals surface area contributed by atoms with Crippen molar-refractivity contribution in [3.8, 4) is 11.3 Å². The van der Waals surface area contributed by atoms with Gasteiger partial charge in [0, 0.05) is 13.2 Å². The van der Waals surface area contributed by atoms with Crippen molar-refractivity contribution >= 4 is 5.91 Å². The van der Waals surface area contributed by atoms with E-state index < -0.39 is 0 Å². The zero-order valence-corrected chi connectivity index (χ0v) is 14.3. The molecule has 0 saturated carbocycles. The molecule has 2 aromatic heterocycles. The van der Waals surface area contributed by atoms with Crippen LogP contribution in [0.1, 0.15) is 45.9 Å². The van der Waals surface area contributed by atoms with Gasteiger partial charge >= 0.3 is 0 Å². The van der Waals surface area contributed by atoms with Crippen molar-refractivity contribution in [2.45, 2.75) is 32.2 Å². The summed E-state index contributed by atoms with van der Waals surface area (Å²) in [6, 6.07) is 6.50. The number of carbonyl (C=O) groups excluding carboxylic acids is 1.